The molecular formula is C21H21ClF2N2O3S. The van der Waals surface area contributed by atoms with E-state index in [9.17, 15) is 22.0 Å². The number of halogens is 3. The van der Waals surface area contributed by atoms with E-state index in [0.717, 1.165) is 36.2 Å². The lowest BCUT2D eigenvalue weighted by Crippen LogP contribution is -2.45. The first-order valence-electron chi connectivity index (χ1n) is 9.82. The van der Waals surface area contributed by atoms with E-state index in [1.54, 1.807) is 11.0 Å². The van der Waals surface area contributed by atoms with Crippen LogP contribution >= 0.6 is 11.6 Å². The highest BCUT2D eigenvalue weighted by atomic mass is 35.5. The molecule has 160 valence electrons. The molecular weight excluding hydrogens is 434 g/mol. The molecule has 30 heavy (non-hydrogen) atoms. The summed E-state index contributed by atoms with van der Waals surface area (Å²) >= 11 is 6.07. The summed E-state index contributed by atoms with van der Waals surface area (Å²) < 4.78 is 53.4. The van der Waals surface area contributed by atoms with E-state index in [2.05, 4.69) is 0 Å². The molecule has 2 aromatic rings. The largest absolute Gasteiger partial charge is 0.312 e. The van der Waals surface area contributed by atoms with Crippen molar-refractivity contribution in [2.24, 2.45) is 5.92 Å². The lowest BCUT2D eigenvalue weighted by atomic mass is 9.94. The molecule has 1 saturated heterocycles. The lowest BCUT2D eigenvalue weighted by Gasteiger charge is -2.36. The first-order chi connectivity index (χ1) is 14.3. The van der Waals surface area contributed by atoms with Crippen LogP contribution in [-0.2, 0) is 21.2 Å². The Balaban J connectivity index is 1.46. The Morgan fingerprint density at radius 1 is 1.00 bits per heavy atom. The summed E-state index contributed by atoms with van der Waals surface area (Å²) in [7, 11) is -3.94. The third-order valence-corrected chi connectivity index (χ3v) is 7.89. The molecule has 2 aromatic carbocycles. The number of anilines is 1. The molecule has 2 aliphatic heterocycles. The van der Waals surface area contributed by atoms with Crippen LogP contribution in [0.1, 0.15) is 24.8 Å². The van der Waals surface area contributed by atoms with Gasteiger partial charge in [-0.2, -0.15) is 4.31 Å². The zero-order valence-corrected chi connectivity index (χ0v) is 17.7. The number of nitrogens with zero attached hydrogens (tertiary/aromatic N) is 2. The highest BCUT2D eigenvalue weighted by Crippen LogP contribution is 2.33. The van der Waals surface area contributed by atoms with E-state index < -0.39 is 21.7 Å². The van der Waals surface area contributed by atoms with Crippen molar-refractivity contribution in [2.45, 2.75) is 30.6 Å². The maximum absolute atomic E-state index is 13.5. The minimum absolute atomic E-state index is 0.0110. The lowest BCUT2D eigenvalue weighted by molar-refractivity contribution is -0.123. The molecule has 4 rings (SSSR count). The van der Waals surface area contributed by atoms with E-state index in [0.29, 0.717) is 30.5 Å². The molecule has 9 heteroatoms. The van der Waals surface area contributed by atoms with Crippen LogP contribution in [0.25, 0.3) is 0 Å². The average Bonchev–Trinajstić information content (AvgIpc) is 2.74. The standard InChI is InChI=1S/C21H21ClF2N2O3S/c22-16-3-6-20-15(12-16)2-1-9-26(20)21(27)14-7-10-25(11-8-14)30(28,29)17-4-5-18(23)19(24)13-17/h3-6,12-14H,1-2,7-11H2. The van der Waals surface area contributed by atoms with Crippen LogP contribution in [0, 0.1) is 17.6 Å². The number of rotatable bonds is 3. The number of fused-ring (bicyclic) bond motifs is 1. The van der Waals surface area contributed by atoms with Gasteiger partial charge in [-0.1, -0.05) is 11.6 Å². The summed E-state index contributed by atoms with van der Waals surface area (Å²) in [5.41, 5.74) is 1.91. The third-order valence-electron chi connectivity index (χ3n) is 5.76. The van der Waals surface area contributed by atoms with Gasteiger partial charge in [0.25, 0.3) is 0 Å². The first-order valence-corrected chi connectivity index (χ1v) is 11.6. The number of amides is 1. The summed E-state index contributed by atoms with van der Waals surface area (Å²) in [4.78, 5) is 14.6. The van der Waals surface area contributed by atoms with Crippen LogP contribution in [0.3, 0.4) is 0 Å². The number of hydrogen-bond donors (Lipinski definition) is 0. The van der Waals surface area contributed by atoms with Crippen LogP contribution in [0.4, 0.5) is 14.5 Å². The fourth-order valence-electron chi connectivity index (χ4n) is 4.14. The minimum atomic E-state index is -3.94. The van der Waals surface area contributed by atoms with Gasteiger partial charge in [-0.3, -0.25) is 4.79 Å². The third kappa shape index (κ3) is 3.96. The molecule has 0 unspecified atom stereocenters. The van der Waals surface area contributed by atoms with Crippen LogP contribution in [0.2, 0.25) is 5.02 Å². The van der Waals surface area contributed by atoms with E-state index in [4.69, 9.17) is 11.6 Å². The number of carbonyl (C=O) groups excluding carboxylic acids is 1. The highest BCUT2D eigenvalue weighted by Gasteiger charge is 2.35. The first kappa shape index (κ1) is 21.2. The highest BCUT2D eigenvalue weighted by molar-refractivity contribution is 7.89. The van der Waals surface area contributed by atoms with Gasteiger partial charge in [-0.25, -0.2) is 17.2 Å². The maximum Gasteiger partial charge on any atom is 0.243 e. The Labute approximate surface area is 179 Å². The van der Waals surface area contributed by atoms with Gasteiger partial charge in [0.05, 0.1) is 4.90 Å². The van der Waals surface area contributed by atoms with Crippen LogP contribution in [-0.4, -0.2) is 38.3 Å². The molecule has 0 bridgehead atoms. The van der Waals surface area contributed by atoms with Crippen LogP contribution in [0.5, 0.6) is 0 Å². The second kappa shape index (κ2) is 8.24. The van der Waals surface area contributed by atoms with Gasteiger partial charge in [0.2, 0.25) is 15.9 Å². The number of piperidine rings is 1. The smallest absolute Gasteiger partial charge is 0.243 e. The summed E-state index contributed by atoms with van der Waals surface area (Å²) in [5.74, 6) is -2.60. The molecule has 2 aliphatic rings. The fraction of sp³-hybridized carbons (Fsp3) is 0.381. The molecule has 5 nitrogen and oxygen atoms in total. The average molecular weight is 455 g/mol. The van der Waals surface area contributed by atoms with Gasteiger partial charge in [0.1, 0.15) is 0 Å². The molecule has 0 atom stereocenters. The quantitative estimate of drug-likeness (QED) is 0.704. The van der Waals surface area contributed by atoms with Crippen molar-refractivity contribution in [2.75, 3.05) is 24.5 Å². The minimum Gasteiger partial charge on any atom is -0.312 e. The second-order valence-corrected chi connectivity index (χ2v) is 10.00. The molecule has 2 heterocycles. The second-order valence-electron chi connectivity index (χ2n) is 7.62. The van der Waals surface area contributed by atoms with Crippen molar-refractivity contribution < 1.29 is 22.0 Å². The Hall–Kier alpha value is -2.03. The number of carbonyl (C=O) groups is 1. The normalized spacial score (nSPS) is 18.3. The Bertz CT molecular complexity index is 1090. The van der Waals surface area contributed by atoms with E-state index in [1.165, 1.54) is 4.31 Å². The van der Waals surface area contributed by atoms with Crippen LogP contribution < -0.4 is 4.90 Å². The van der Waals surface area contributed by atoms with Crippen molar-refractivity contribution in [3.8, 4) is 0 Å². The molecule has 0 N–H and O–H groups in total. The predicted octanol–water partition coefficient (Wildman–Crippen LogP) is 4.00. The van der Waals surface area contributed by atoms with E-state index in [-0.39, 0.29) is 29.8 Å². The molecule has 1 fully saturated rings. The van der Waals surface area contributed by atoms with Gasteiger partial charge in [0, 0.05) is 36.3 Å². The Kier molecular flexibility index (Phi) is 5.83. The summed E-state index contributed by atoms with van der Waals surface area (Å²) in [6.07, 6.45) is 2.47. The molecule has 0 aromatic heterocycles. The number of benzene rings is 2. The monoisotopic (exact) mass is 454 g/mol. The van der Waals surface area contributed by atoms with Crippen molar-refractivity contribution >= 4 is 33.2 Å². The van der Waals surface area contributed by atoms with E-state index >= 15 is 0 Å². The van der Waals surface area contributed by atoms with Crippen molar-refractivity contribution in [1.82, 2.24) is 4.31 Å². The topological polar surface area (TPSA) is 57.7 Å². The summed E-state index contributed by atoms with van der Waals surface area (Å²) in [6.45, 7) is 0.929. The van der Waals surface area contributed by atoms with Gasteiger partial charge >= 0.3 is 0 Å². The summed E-state index contributed by atoms with van der Waals surface area (Å²) in [5, 5.41) is 0.638. The fourth-order valence-corrected chi connectivity index (χ4v) is 5.82. The zero-order chi connectivity index (χ0) is 21.5. The van der Waals surface area contributed by atoms with Crippen LogP contribution in [0.15, 0.2) is 41.3 Å². The number of hydrogen-bond acceptors (Lipinski definition) is 3. The molecule has 0 saturated carbocycles. The van der Waals surface area contributed by atoms with Crippen molar-refractivity contribution in [1.29, 1.82) is 0 Å². The Morgan fingerprint density at radius 3 is 2.43 bits per heavy atom. The van der Waals surface area contributed by atoms with Gasteiger partial charge in [-0.05, 0) is 67.6 Å². The summed E-state index contributed by atoms with van der Waals surface area (Å²) in [6, 6.07) is 8.06. The SMILES string of the molecule is O=C(C1CCN(S(=O)(=O)c2ccc(F)c(F)c2)CC1)N1CCCc2cc(Cl)ccc21. The van der Waals surface area contributed by atoms with Gasteiger partial charge in [0.15, 0.2) is 11.6 Å². The predicted molar refractivity (Wildman–Crippen MR) is 110 cm³/mol. The molecule has 0 spiro atoms. The Morgan fingerprint density at radius 2 is 1.73 bits per heavy atom. The molecule has 0 radical (unpaired) electrons. The molecule has 0 aliphatic carbocycles. The van der Waals surface area contributed by atoms with E-state index in [1.807, 2.05) is 12.1 Å². The van der Waals surface area contributed by atoms with Crippen molar-refractivity contribution in [3.63, 3.8) is 0 Å². The van der Waals surface area contributed by atoms with Gasteiger partial charge in [-0.15, -0.1) is 0 Å². The maximum atomic E-state index is 13.5. The van der Waals surface area contributed by atoms with Crippen molar-refractivity contribution in [3.05, 3.63) is 58.6 Å². The number of aryl methyl sites for hydroxylation is 1. The number of sulfonamides is 1. The van der Waals surface area contributed by atoms with Gasteiger partial charge < -0.3 is 4.90 Å². The molecule has 1 amide bonds. The zero-order valence-electron chi connectivity index (χ0n) is 16.2.